The number of hydrogen-bond acceptors (Lipinski definition) is 0. The molecule has 1 nitrogen and oxygen atoms in total. The van der Waals surface area contributed by atoms with Crippen LogP contribution in [0.1, 0.15) is 17.7 Å². The Labute approximate surface area is 71.3 Å². The van der Waals surface area contributed by atoms with Gasteiger partial charge >= 0.3 is 0 Å². The monoisotopic (exact) mass is 199 g/mol. The zero-order valence-electron chi connectivity index (χ0n) is 5.73. The molecule has 0 bridgehead atoms. The first kappa shape index (κ1) is 7.73. The molecule has 1 N–H and O–H groups in total. The van der Waals surface area contributed by atoms with E-state index < -0.39 is 0 Å². The van der Waals surface area contributed by atoms with Gasteiger partial charge in [0.2, 0.25) is 0 Å². The molecule has 1 aliphatic rings. The number of rotatable bonds is 0. The van der Waals surface area contributed by atoms with Crippen molar-refractivity contribution in [1.29, 1.82) is 0 Å². The molecule has 0 radical (unpaired) electrons. The van der Waals surface area contributed by atoms with Crippen LogP contribution in [0.25, 0.3) is 0 Å². The second-order valence-electron chi connectivity index (χ2n) is 2.53. The maximum atomic E-state index is 3.25. The first-order valence-corrected chi connectivity index (χ1v) is 3.45. The third-order valence-electron chi connectivity index (χ3n) is 1.91. The molecule has 0 aliphatic heterocycles. The van der Waals surface area contributed by atoms with E-state index >= 15 is 0 Å². The molecule has 1 aromatic rings. The molecule has 0 spiro atoms. The van der Waals surface area contributed by atoms with Gasteiger partial charge in [-0.1, -0.05) is 0 Å². The molecule has 0 aromatic carbocycles. The number of H-pyrrole nitrogens is 1. The molecule has 0 atom stereocenters. The molecule has 1 aliphatic carbocycles. The Morgan fingerprint density at radius 1 is 1.30 bits per heavy atom. The third-order valence-corrected chi connectivity index (χ3v) is 1.91. The third kappa shape index (κ3) is 1.21. The van der Waals surface area contributed by atoms with Crippen molar-refractivity contribution in [3.05, 3.63) is 29.6 Å². The molecule has 2 rings (SSSR count). The van der Waals surface area contributed by atoms with Crippen LogP contribution in [-0.4, -0.2) is 0 Å². The summed E-state index contributed by atoms with van der Waals surface area (Å²) in [6, 6.07) is 4.28. The minimum atomic E-state index is 0. The van der Waals surface area contributed by atoms with Gasteiger partial charge in [0.1, 0.15) is 0 Å². The van der Waals surface area contributed by atoms with Crippen LogP contribution in [0.4, 0.5) is 0 Å². The Morgan fingerprint density at radius 3 is 3.00 bits per heavy atom. The van der Waals surface area contributed by atoms with Gasteiger partial charge in [-0.25, -0.2) is 4.98 Å². The number of fused-ring (bicyclic) bond motifs is 1. The van der Waals surface area contributed by atoms with Crippen LogP contribution in [0.2, 0.25) is 0 Å². The van der Waals surface area contributed by atoms with Gasteiger partial charge in [-0.2, -0.15) is 0 Å². The molecule has 0 fully saturated rings. The summed E-state index contributed by atoms with van der Waals surface area (Å²) in [6.45, 7) is 0. The standard InChI is InChI=1S/C8H9N.BrH/c1-3-7-4-2-6-9-8(7)5-1;/h2,4,6H,1,3,5H2;1H. The van der Waals surface area contributed by atoms with Crippen molar-refractivity contribution in [1.82, 2.24) is 0 Å². The zero-order chi connectivity index (χ0) is 6.10. The highest BCUT2D eigenvalue weighted by Gasteiger charge is 2.14. The van der Waals surface area contributed by atoms with Crippen LogP contribution in [-0.2, 0) is 12.8 Å². The summed E-state index contributed by atoms with van der Waals surface area (Å²) in [5.74, 6) is 0. The smallest absolute Gasteiger partial charge is 0.182 e. The number of aromatic amines is 1. The van der Waals surface area contributed by atoms with Crippen molar-refractivity contribution < 1.29 is 22.0 Å². The molecular formula is C8H10BrN. The lowest BCUT2D eigenvalue weighted by Gasteiger charge is -1.85. The summed E-state index contributed by atoms with van der Waals surface area (Å²) in [7, 11) is 0. The van der Waals surface area contributed by atoms with Crippen molar-refractivity contribution >= 4 is 0 Å². The lowest BCUT2D eigenvalue weighted by Crippen LogP contribution is -3.00. The number of pyridine rings is 1. The van der Waals surface area contributed by atoms with E-state index in [0.717, 1.165) is 0 Å². The minimum Gasteiger partial charge on any atom is -1.00 e. The summed E-state index contributed by atoms with van der Waals surface area (Å²) in [5, 5.41) is 0. The van der Waals surface area contributed by atoms with Crippen molar-refractivity contribution in [3.8, 4) is 0 Å². The Bertz CT molecular complexity index is 199. The largest absolute Gasteiger partial charge is 1.00 e. The van der Waals surface area contributed by atoms with Crippen LogP contribution < -0.4 is 22.0 Å². The molecule has 10 heavy (non-hydrogen) atoms. The average molecular weight is 200 g/mol. The van der Waals surface area contributed by atoms with Gasteiger partial charge in [0.05, 0.1) is 0 Å². The lowest BCUT2D eigenvalue weighted by atomic mass is 10.2. The van der Waals surface area contributed by atoms with E-state index in [1.165, 1.54) is 30.5 Å². The van der Waals surface area contributed by atoms with Gasteiger partial charge in [-0.15, -0.1) is 0 Å². The van der Waals surface area contributed by atoms with Gasteiger partial charge in [0.15, 0.2) is 11.9 Å². The molecule has 0 saturated carbocycles. The Kier molecular flexibility index (Phi) is 2.44. The number of nitrogens with one attached hydrogen (secondary N) is 1. The molecule has 0 saturated heterocycles. The summed E-state index contributed by atoms with van der Waals surface area (Å²) >= 11 is 0. The van der Waals surface area contributed by atoms with Crippen LogP contribution >= 0.6 is 0 Å². The van der Waals surface area contributed by atoms with E-state index in [0.29, 0.717) is 0 Å². The topological polar surface area (TPSA) is 14.1 Å². The Hall–Kier alpha value is -0.370. The first-order valence-electron chi connectivity index (χ1n) is 3.45. The fraction of sp³-hybridized carbons (Fsp3) is 0.375. The van der Waals surface area contributed by atoms with Crippen molar-refractivity contribution in [2.75, 3.05) is 0 Å². The van der Waals surface area contributed by atoms with Crippen LogP contribution in [0, 0.1) is 0 Å². The molecule has 0 amide bonds. The zero-order valence-corrected chi connectivity index (χ0v) is 7.32. The quantitative estimate of drug-likeness (QED) is 0.459. The van der Waals surface area contributed by atoms with E-state index in [4.69, 9.17) is 0 Å². The molecule has 1 aromatic heterocycles. The van der Waals surface area contributed by atoms with Crippen molar-refractivity contribution in [3.63, 3.8) is 0 Å². The average Bonchev–Trinajstić information content (AvgIpc) is 2.33. The molecule has 0 unspecified atom stereocenters. The summed E-state index contributed by atoms with van der Waals surface area (Å²) in [5.41, 5.74) is 2.95. The maximum Gasteiger partial charge on any atom is 0.182 e. The van der Waals surface area contributed by atoms with Crippen LogP contribution in [0.5, 0.6) is 0 Å². The van der Waals surface area contributed by atoms with Gasteiger partial charge in [0, 0.05) is 18.1 Å². The fourth-order valence-electron chi connectivity index (χ4n) is 1.43. The van der Waals surface area contributed by atoms with Gasteiger partial charge in [-0.3, -0.25) is 0 Å². The van der Waals surface area contributed by atoms with E-state index in [-0.39, 0.29) is 17.0 Å². The minimum absolute atomic E-state index is 0. The van der Waals surface area contributed by atoms with Gasteiger partial charge in [-0.05, 0) is 18.9 Å². The van der Waals surface area contributed by atoms with Crippen LogP contribution in [0.3, 0.4) is 0 Å². The van der Waals surface area contributed by atoms with E-state index in [1.807, 2.05) is 6.20 Å². The Balaban J connectivity index is 0.000000500. The van der Waals surface area contributed by atoms with E-state index in [1.54, 1.807) is 0 Å². The van der Waals surface area contributed by atoms with Crippen LogP contribution in [0.15, 0.2) is 18.3 Å². The molecule has 1 heterocycles. The summed E-state index contributed by atoms with van der Waals surface area (Å²) < 4.78 is 0. The molecular weight excluding hydrogens is 190 g/mol. The number of hydrogen-bond donors (Lipinski definition) is 0. The number of aryl methyl sites for hydroxylation is 2. The molecule has 2 heteroatoms. The number of aromatic nitrogens is 1. The predicted molar refractivity (Wildman–Crippen MR) is 35.0 cm³/mol. The van der Waals surface area contributed by atoms with Crippen molar-refractivity contribution in [2.24, 2.45) is 0 Å². The normalized spacial score (nSPS) is 14.0. The second kappa shape index (κ2) is 3.15. The van der Waals surface area contributed by atoms with Crippen molar-refractivity contribution in [2.45, 2.75) is 19.3 Å². The maximum absolute atomic E-state index is 3.25. The number of halogens is 1. The highest BCUT2D eigenvalue weighted by molar-refractivity contribution is 5.19. The highest BCUT2D eigenvalue weighted by atomic mass is 79.9. The highest BCUT2D eigenvalue weighted by Crippen LogP contribution is 2.15. The van der Waals surface area contributed by atoms with Gasteiger partial charge < -0.3 is 17.0 Å². The van der Waals surface area contributed by atoms with E-state index in [9.17, 15) is 0 Å². The SMILES string of the molecule is [Br-].c1c[nH+]c2c(c1)CCC2. The predicted octanol–water partition coefficient (Wildman–Crippen LogP) is -2.01. The van der Waals surface area contributed by atoms with E-state index in [2.05, 4.69) is 17.1 Å². The fourth-order valence-corrected chi connectivity index (χ4v) is 1.43. The summed E-state index contributed by atoms with van der Waals surface area (Å²) in [6.07, 6.45) is 5.85. The summed E-state index contributed by atoms with van der Waals surface area (Å²) in [4.78, 5) is 3.25. The Morgan fingerprint density at radius 2 is 2.20 bits per heavy atom. The van der Waals surface area contributed by atoms with Gasteiger partial charge in [0.25, 0.3) is 0 Å². The molecule has 54 valence electrons. The lowest BCUT2D eigenvalue weighted by molar-refractivity contribution is -0.389. The second-order valence-corrected chi connectivity index (χ2v) is 2.53. The first-order chi connectivity index (χ1) is 4.47.